The minimum Gasteiger partial charge on any atom is -0.481 e. The number of rotatable bonds is 10. The monoisotopic (exact) mass is 724 g/mol. The van der Waals surface area contributed by atoms with Gasteiger partial charge in [-0.15, -0.1) is 0 Å². The van der Waals surface area contributed by atoms with E-state index in [0.717, 1.165) is 57.8 Å². The highest BCUT2D eigenvalue weighted by molar-refractivity contribution is 5.82. The lowest BCUT2D eigenvalue weighted by molar-refractivity contribution is -0.250. The number of ether oxygens (including phenoxy) is 1. The van der Waals surface area contributed by atoms with E-state index in [2.05, 4.69) is 48.1 Å². The molecule has 6 rings (SSSR count). The molecule has 6 fully saturated rings. The number of allylic oxidation sites excluding steroid dienone is 1. The fourth-order valence-corrected chi connectivity index (χ4v) is 14.4. The number of nitrogens with zero attached hydrogens (tertiary/aromatic N) is 1. The van der Waals surface area contributed by atoms with Crippen LogP contribution in [0.4, 0.5) is 0 Å². The summed E-state index contributed by atoms with van der Waals surface area (Å²) in [7, 11) is 0. The minimum atomic E-state index is -1.15. The molecule has 292 valence electrons. The van der Waals surface area contributed by atoms with Crippen LogP contribution < -0.4 is 0 Å². The number of hydrogen-bond donors (Lipinski definition) is 2. The number of esters is 1. The summed E-state index contributed by atoms with van der Waals surface area (Å²) in [5.41, 5.74) is 0.325. The number of Topliss-reactive ketones (excluding diaryl/α,β-unsaturated/α-hetero) is 1. The minimum absolute atomic E-state index is 0.00663. The SMILES string of the molecule is C=C(C)[C@@H]1CC[C@]2(CC(=O)N3CC[C@H](CC(=O)CO)C3)CC[C@]3(C)[C@H](CC[C@@H]4[C@@]5(C)CCC(OC(=O)CC(C)(C)C(=O)O)C(C)(C)[C@@H]5CC[C@]43C)[C@@H]12. The second-order valence-electron chi connectivity index (χ2n) is 20.8. The number of amides is 1. The van der Waals surface area contributed by atoms with Gasteiger partial charge in [-0.3, -0.25) is 19.2 Å². The predicted molar refractivity (Wildman–Crippen MR) is 201 cm³/mol. The summed E-state index contributed by atoms with van der Waals surface area (Å²) in [6, 6.07) is 0. The molecule has 8 nitrogen and oxygen atoms in total. The Morgan fingerprint density at radius 3 is 2.23 bits per heavy atom. The summed E-state index contributed by atoms with van der Waals surface area (Å²) < 4.78 is 6.18. The summed E-state index contributed by atoms with van der Waals surface area (Å²) in [5.74, 6) is 1.29. The zero-order valence-corrected chi connectivity index (χ0v) is 33.7. The largest absolute Gasteiger partial charge is 0.481 e. The van der Waals surface area contributed by atoms with Crippen molar-refractivity contribution in [3.05, 3.63) is 12.2 Å². The fraction of sp³-hybridized carbons (Fsp3) is 0.864. The van der Waals surface area contributed by atoms with Crippen molar-refractivity contribution in [1.29, 1.82) is 0 Å². The molecular weight excluding hydrogens is 654 g/mol. The molecule has 1 saturated heterocycles. The van der Waals surface area contributed by atoms with Gasteiger partial charge in [0.05, 0.1) is 11.8 Å². The van der Waals surface area contributed by atoms with E-state index in [9.17, 15) is 29.4 Å². The molecule has 0 aromatic rings. The smallest absolute Gasteiger partial charge is 0.309 e. The van der Waals surface area contributed by atoms with Gasteiger partial charge in [-0.1, -0.05) is 46.8 Å². The second kappa shape index (κ2) is 13.5. The quantitative estimate of drug-likeness (QED) is 0.172. The van der Waals surface area contributed by atoms with E-state index in [0.29, 0.717) is 55.5 Å². The first-order valence-corrected chi connectivity index (χ1v) is 20.6. The maximum atomic E-state index is 14.1. The molecule has 1 heterocycles. The van der Waals surface area contributed by atoms with Crippen LogP contribution in [-0.4, -0.2) is 64.5 Å². The third-order valence-electron chi connectivity index (χ3n) is 17.5. The topological polar surface area (TPSA) is 121 Å². The fourth-order valence-electron chi connectivity index (χ4n) is 14.4. The van der Waals surface area contributed by atoms with Crippen LogP contribution in [-0.2, 0) is 23.9 Å². The Morgan fingerprint density at radius 1 is 0.865 bits per heavy atom. The normalized spacial score (nSPS) is 42.3. The van der Waals surface area contributed by atoms with Gasteiger partial charge in [-0.25, -0.2) is 0 Å². The second-order valence-corrected chi connectivity index (χ2v) is 20.8. The van der Waals surface area contributed by atoms with Crippen LogP contribution >= 0.6 is 0 Å². The Hall–Kier alpha value is -2.22. The molecule has 5 aliphatic carbocycles. The van der Waals surface area contributed by atoms with Crippen molar-refractivity contribution in [2.24, 2.45) is 68.0 Å². The number of aliphatic hydroxyl groups is 1. The molecule has 1 amide bonds. The maximum Gasteiger partial charge on any atom is 0.309 e. The van der Waals surface area contributed by atoms with Crippen molar-refractivity contribution in [3.8, 4) is 0 Å². The standard InChI is InChI=1S/C44H69NO7/c1-27(2)30-12-18-44(23-35(48)45-21-15-28(25-45)22-29(47)26-46)20-19-42(8)31(37(30)44)10-11-33-41(7)16-14-34(52-36(49)24-39(3,4)38(50)51)40(5,6)32(41)13-17-43(33,42)9/h28,30-34,37,46H,1,10-26H2,2-9H3,(H,50,51)/t28-,30+,31-,32+,33-,34?,37-,41+,42-,43-,44-/m1/s1. The number of fused-ring (bicyclic) bond motifs is 7. The first-order chi connectivity index (χ1) is 24.1. The molecule has 1 unspecified atom stereocenters. The van der Waals surface area contributed by atoms with Gasteiger partial charge >= 0.3 is 11.9 Å². The number of carbonyl (C=O) groups is 4. The molecule has 8 heteroatoms. The van der Waals surface area contributed by atoms with Crippen molar-refractivity contribution >= 4 is 23.6 Å². The van der Waals surface area contributed by atoms with Gasteiger partial charge < -0.3 is 19.8 Å². The molecule has 0 aromatic carbocycles. The molecule has 11 atom stereocenters. The molecule has 6 aliphatic rings. The highest BCUT2D eigenvalue weighted by atomic mass is 16.5. The Balaban J connectivity index is 1.22. The van der Waals surface area contributed by atoms with Crippen LogP contribution in [0.5, 0.6) is 0 Å². The average molecular weight is 724 g/mol. The third-order valence-corrected chi connectivity index (χ3v) is 17.5. The Bertz CT molecular complexity index is 1470. The van der Waals surface area contributed by atoms with Gasteiger partial charge in [-0.05, 0) is 149 Å². The first kappa shape index (κ1) is 39.5. The first-order valence-electron chi connectivity index (χ1n) is 20.6. The number of carboxylic acids is 1. The average Bonchev–Trinajstić information content (AvgIpc) is 3.68. The van der Waals surface area contributed by atoms with Gasteiger partial charge in [0.1, 0.15) is 12.7 Å². The number of aliphatic hydroxyl groups excluding tert-OH is 1. The Morgan fingerprint density at radius 2 is 1.58 bits per heavy atom. The zero-order chi connectivity index (χ0) is 38.2. The number of likely N-dealkylation sites (tertiary alicyclic amines) is 1. The van der Waals surface area contributed by atoms with Crippen LogP contribution in [0.15, 0.2) is 12.2 Å². The molecule has 2 N–H and O–H groups in total. The van der Waals surface area contributed by atoms with E-state index in [-0.39, 0.29) is 57.2 Å². The van der Waals surface area contributed by atoms with E-state index >= 15 is 0 Å². The van der Waals surface area contributed by atoms with Gasteiger partial charge in [0, 0.05) is 31.3 Å². The third kappa shape index (κ3) is 6.21. The lowest BCUT2D eigenvalue weighted by Crippen LogP contribution is -2.67. The van der Waals surface area contributed by atoms with E-state index in [1.165, 1.54) is 18.4 Å². The maximum absolute atomic E-state index is 14.1. The zero-order valence-electron chi connectivity index (χ0n) is 33.7. The number of hydrogen-bond acceptors (Lipinski definition) is 6. The molecule has 0 aromatic heterocycles. The van der Waals surface area contributed by atoms with Crippen LogP contribution in [0.3, 0.4) is 0 Å². The summed E-state index contributed by atoms with van der Waals surface area (Å²) in [6.07, 6.45) is 12.3. The van der Waals surface area contributed by atoms with Crippen LogP contribution in [0.2, 0.25) is 0 Å². The van der Waals surface area contributed by atoms with Crippen molar-refractivity contribution < 1.29 is 34.1 Å². The number of aliphatic carboxylic acids is 1. The summed E-state index contributed by atoms with van der Waals surface area (Å²) >= 11 is 0. The van der Waals surface area contributed by atoms with E-state index < -0.39 is 24.0 Å². The van der Waals surface area contributed by atoms with Crippen LogP contribution in [0.25, 0.3) is 0 Å². The van der Waals surface area contributed by atoms with Crippen molar-refractivity contribution in [2.45, 2.75) is 151 Å². The van der Waals surface area contributed by atoms with E-state index in [1.807, 2.05) is 4.90 Å². The molecule has 0 spiro atoms. The van der Waals surface area contributed by atoms with Gasteiger partial charge in [-0.2, -0.15) is 0 Å². The summed E-state index contributed by atoms with van der Waals surface area (Å²) in [5, 5.41) is 18.9. The molecular formula is C44H69NO7. The predicted octanol–water partition coefficient (Wildman–Crippen LogP) is 8.25. The van der Waals surface area contributed by atoms with Crippen LogP contribution in [0, 0.1) is 68.0 Å². The molecule has 0 radical (unpaired) electrons. The van der Waals surface area contributed by atoms with Gasteiger partial charge in [0.2, 0.25) is 5.91 Å². The van der Waals surface area contributed by atoms with E-state index in [1.54, 1.807) is 13.8 Å². The van der Waals surface area contributed by atoms with Crippen molar-refractivity contribution in [1.82, 2.24) is 4.90 Å². The Labute approximate surface area is 313 Å². The molecule has 52 heavy (non-hydrogen) atoms. The van der Waals surface area contributed by atoms with Crippen molar-refractivity contribution in [3.63, 3.8) is 0 Å². The van der Waals surface area contributed by atoms with Crippen molar-refractivity contribution in [2.75, 3.05) is 19.7 Å². The summed E-state index contributed by atoms with van der Waals surface area (Å²) in [6.45, 7) is 23.2. The van der Waals surface area contributed by atoms with E-state index in [4.69, 9.17) is 4.74 Å². The lowest BCUT2D eigenvalue weighted by atomic mass is 9.32. The highest BCUT2D eigenvalue weighted by Gasteiger charge is 2.71. The molecule has 5 saturated carbocycles. The summed E-state index contributed by atoms with van der Waals surface area (Å²) in [4.78, 5) is 52.9. The molecule has 1 aliphatic heterocycles. The Kier molecular flexibility index (Phi) is 10.3. The lowest BCUT2D eigenvalue weighted by Gasteiger charge is -2.73. The number of ketones is 1. The van der Waals surface area contributed by atoms with Crippen LogP contribution in [0.1, 0.15) is 145 Å². The van der Waals surface area contributed by atoms with Gasteiger partial charge in [0.15, 0.2) is 5.78 Å². The number of carbonyl (C=O) groups excluding carboxylic acids is 3. The molecule has 0 bridgehead atoms. The number of carboxylic acid groups (broad SMARTS) is 1. The highest BCUT2D eigenvalue weighted by Crippen LogP contribution is 2.78. The van der Waals surface area contributed by atoms with Gasteiger partial charge in [0.25, 0.3) is 0 Å².